The lowest BCUT2D eigenvalue weighted by Gasteiger charge is -2.13. The quantitative estimate of drug-likeness (QED) is 0.167. The third-order valence-electron chi connectivity index (χ3n) is 13.3. The van der Waals surface area contributed by atoms with Gasteiger partial charge in [0, 0.05) is 53.7 Å². The van der Waals surface area contributed by atoms with Crippen molar-refractivity contribution >= 4 is 108 Å². The normalized spacial score (nSPS) is 12.6. The molecule has 4 heterocycles. The molecule has 0 aliphatic heterocycles. The molecule has 4 nitrogen and oxygen atoms in total. The number of furan rings is 1. The Morgan fingerprint density at radius 3 is 2.11 bits per heavy atom. The van der Waals surface area contributed by atoms with Crippen LogP contribution in [-0.4, -0.2) is 14.5 Å². The first-order valence-corrected chi connectivity index (χ1v) is 21.5. The van der Waals surface area contributed by atoms with Gasteiger partial charge in [0.05, 0.1) is 16.7 Å². The van der Waals surface area contributed by atoms with Crippen LogP contribution in [0.25, 0.3) is 147 Å². The zero-order valence-corrected chi connectivity index (χ0v) is 33.2. The van der Waals surface area contributed by atoms with E-state index in [1.165, 1.54) is 75.3 Å². The van der Waals surface area contributed by atoms with Crippen LogP contribution in [-0.2, 0) is 0 Å². The minimum atomic E-state index is 0.664. The fourth-order valence-electron chi connectivity index (χ4n) is 10.7. The maximum absolute atomic E-state index is 6.82. The molecule has 1 aliphatic carbocycles. The van der Waals surface area contributed by atoms with E-state index in [0.29, 0.717) is 5.95 Å². The van der Waals surface area contributed by atoms with Crippen LogP contribution in [0.15, 0.2) is 180 Å². The molecule has 4 aromatic heterocycles. The maximum atomic E-state index is 6.82. The molecule has 10 aromatic carbocycles. The van der Waals surface area contributed by atoms with Crippen LogP contribution >= 0.6 is 11.3 Å². The van der Waals surface area contributed by atoms with Crippen molar-refractivity contribution < 1.29 is 4.42 Å². The summed E-state index contributed by atoms with van der Waals surface area (Å²) in [7, 11) is 0. The maximum Gasteiger partial charge on any atom is 0.236 e. The van der Waals surface area contributed by atoms with E-state index in [0.717, 1.165) is 65.8 Å². The minimum Gasteiger partial charge on any atom is -0.455 e. The van der Waals surface area contributed by atoms with Gasteiger partial charge in [-0.05, 0) is 103 Å². The highest BCUT2D eigenvalue weighted by Gasteiger charge is 2.30. The molecule has 0 saturated heterocycles. The number of hydrogen-bond donors (Lipinski definition) is 0. The smallest absolute Gasteiger partial charge is 0.236 e. The van der Waals surface area contributed by atoms with Gasteiger partial charge in [0.15, 0.2) is 0 Å². The van der Waals surface area contributed by atoms with Gasteiger partial charge in [0.2, 0.25) is 5.95 Å². The fraction of sp³-hybridized carbons (Fsp3) is 0. The van der Waals surface area contributed by atoms with Crippen LogP contribution in [0.4, 0.5) is 0 Å². The summed E-state index contributed by atoms with van der Waals surface area (Å²) in [5.41, 5.74) is 11.0. The molecule has 1 aliphatic rings. The van der Waals surface area contributed by atoms with Crippen LogP contribution in [0.3, 0.4) is 0 Å². The number of hydrogen-bond acceptors (Lipinski definition) is 4. The zero-order chi connectivity index (χ0) is 39.5. The molecule has 14 aromatic rings. The van der Waals surface area contributed by atoms with Gasteiger partial charge >= 0.3 is 0 Å². The summed E-state index contributed by atoms with van der Waals surface area (Å²) < 4.78 is 10.3. The Hall–Kier alpha value is -7.86. The first-order chi connectivity index (χ1) is 30.2. The molecule has 61 heavy (non-hydrogen) atoms. The van der Waals surface area contributed by atoms with Gasteiger partial charge < -0.3 is 4.42 Å². The Morgan fingerprint density at radius 1 is 0.426 bits per heavy atom. The van der Waals surface area contributed by atoms with Gasteiger partial charge in [-0.15, -0.1) is 11.3 Å². The standard InChI is InChI=1S/C56H29N3OS/c1-2-10-32(11-3-1)53-52-38-16-6-7-19-46(38)61-55(52)58-56(57-53)59-43-18-9-17-37(49(43)40-26-33-12-4-5-13-34(33)29-44(40)59)35-23-25-45-41(27-35)51-42-28-36-15-8-14-30-20-21-31-22-24-39(54(51)60-45)50(42)48(31)47(30)36/h1-29H. The van der Waals surface area contributed by atoms with Gasteiger partial charge in [0.1, 0.15) is 16.2 Å². The van der Waals surface area contributed by atoms with E-state index < -0.39 is 0 Å². The van der Waals surface area contributed by atoms with E-state index in [1.807, 2.05) is 0 Å². The average Bonchev–Trinajstić information content (AvgIpc) is 4.05. The number of benzene rings is 10. The molecule has 0 bridgehead atoms. The summed E-state index contributed by atoms with van der Waals surface area (Å²) in [5.74, 6) is 1.63. The summed E-state index contributed by atoms with van der Waals surface area (Å²) >= 11 is 1.73. The lowest BCUT2D eigenvalue weighted by Crippen LogP contribution is -2.02. The molecule has 0 fully saturated rings. The summed E-state index contributed by atoms with van der Waals surface area (Å²) in [6.45, 7) is 0. The molecule has 0 saturated carbocycles. The number of nitrogens with zero attached hydrogens (tertiary/aromatic N) is 3. The van der Waals surface area contributed by atoms with Gasteiger partial charge in [-0.3, -0.25) is 4.57 Å². The molecule has 0 radical (unpaired) electrons. The van der Waals surface area contributed by atoms with Gasteiger partial charge in [-0.1, -0.05) is 127 Å². The number of rotatable bonds is 3. The molecule has 5 heteroatoms. The highest BCUT2D eigenvalue weighted by atomic mass is 32.1. The Bertz CT molecular complexity index is 4230. The Morgan fingerprint density at radius 2 is 1.20 bits per heavy atom. The lowest BCUT2D eigenvalue weighted by molar-refractivity contribution is 0.634. The lowest BCUT2D eigenvalue weighted by atomic mass is 9.90. The zero-order valence-electron chi connectivity index (χ0n) is 32.4. The van der Waals surface area contributed by atoms with Crippen molar-refractivity contribution in [1.29, 1.82) is 0 Å². The van der Waals surface area contributed by atoms with Crippen LogP contribution in [0.1, 0.15) is 0 Å². The number of thiophene rings is 1. The van der Waals surface area contributed by atoms with Crippen molar-refractivity contribution in [2.24, 2.45) is 0 Å². The van der Waals surface area contributed by atoms with E-state index in [1.54, 1.807) is 11.3 Å². The molecular weight excluding hydrogens is 763 g/mol. The van der Waals surface area contributed by atoms with Gasteiger partial charge in [-0.2, -0.15) is 0 Å². The van der Waals surface area contributed by atoms with E-state index in [-0.39, 0.29) is 0 Å². The van der Waals surface area contributed by atoms with Crippen molar-refractivity contribution in [2.45, 2.75) is 0 Å². The summed E-state index contributed by atoms with van der Waals surface area (Å²) in [6, 6.07) is 63.9. The summed E-state index contributed by atoms with van der Waals surface area (Å²) in [6.07, 6.45) is 0. The Kier molecular flexibility index (Phi) is 6.01. The summed E-state index contributed by atoms with van der Waals surface area (Å²) in [5, 5.41) is 15.9. The van der Waals surface area contributed by atoms with E-state index in [4.69, 9.17) is 14.4 Å². The van der Waals surface area contributed by atoms with Crippen molar-refractivity contribution in [3.05, 3.63) is 176 Å². The first kappa shape index (κ1) is 32.0. The topological polar surface area (TPSA) is 43.9 Å². The van der Waals surface area contributed by atoms with Crippen LogP contribution in [0.2, 0.25) is 0 Å². The molecule has 280 valence electrons. The Labute approximate surface area is 351 Å². The van der Waals surface area contributed by atoms with Crippen molar-refractivity contribution in [3.8, 4) is 50.8 Å². The van der Waals surface area contributed by atoms with Crippen LogP contribution in [0, 0.1) is 0 Å². The molecule has 0 spiro atoms. The number of fused-ring (bicyclic) bond motifs is 12. The highest BCUT2D eigenvalue weighted by molar-refractivity contribution is 7.25. The van der Waals surface area contributed by atoms with Crippen LogP contribution in [0.5, 0.6) is 0 Å². The second-order valence-corrected chi connectivity index (χ2v) is 17.5. The minimum absolute atomic E-state index is 0.664. The second kappa shape index (κ2) is 11.4. The second-order valence-electron chi connectivity index (χ2n) is 16.4. The predicted molar refractivity (Wildman–Crippen MR) is 256 cm³/mol. The van der Waals surface area contributed by atoms with Crippen molar-refractivity contribution in [3.63, 3.8) is 0 Å². The predicted octanol–water partition coefficient (Wildman–Crippen LogP) is 15.7. The Balaban J connectivity index is 1.01. The first-order valence-electron chi connectivity index (χ1n) is 20.7. The highest BCUT2D eigenvalue weighted by Crippen LogP contribution is 2.55. The molecule has 0 amide bonds. The molecule has 0 unspecified atom stereocenters. The van der Waals surface area contributed by atoms with E-state index in [2.05, 4.69) is 180 Å². The largest absolute Gasteiger partial charge is 0.455 e. The summed E-state index contributed by atoms with van der Waals surface area (Å²) in [4.78, 5) is 11.9. The van der Waals surface area contributed by atoms with Gasteiger partial charge in [-0.25, -0.2) is 9.97 Å². The van der Waals surface area contributed by atoms with Crippen LogP contribution < -0.4 is 0 Å². The SMILES string of the molecule is c1ccc(-c2nc(-n3c4cc5ccccc5cc4c4c(-c5ccc6oc7c(c6c5)-c5cc6cccc8ccc9ccc-7c5c9c86)cccc43)nc3sc4ccccc4c23)cc1. The van der Waals surface area contributed by atoms with E-state index >= 15 is 0 Å². The molecule has 0 N–H and O–H groups in total. The molecule has 15 rings (SSSR count). The average molecular weight is 792 g/mol. The monoisotopic (exact) mass is 791 g/mol. The molecule has 0 atom stereocenters. The van der Waals surface area contributed by atoms with Gasteiger partial charge in [0.25, 0.3) is 0 Å². The van der Waals surface area contributed by atoms with Crippen molar-refractivity contribution in [2.75, 3.05) is 0 Å². The number of aromatic nitrogens is 3. The molecular formula is C56H29N3OS. The fourth-order valence-corrected chi connectivity index (χ4v) is 11.8. The van der Waals surface area contributed by atoms with Crippen molar-refractivity contribution in [1.82, 2.24) is 14.5 Å². The van der Waals surface area contributed by atoms with E-state index in [9.17, 15) is 0 Å². The third kappa shape index (κ3) is 4.18. The third-order valence-corrected chi connectivity index (χ3v) is 14.3.